The van der Waals surface area contributed by atoms with Gasteiger partial charge in [-0.25, -0.2) is 0 Å². The van der Waals surface area contributed by atoms with E-state index in [9.17, 15) is 0 Å². The highest BCUT2D eigenvalue weighted by Gasteiger charge is 2.12. The van der Waals surface area contributed by atoms with Crippen LogP contribution in [0.1, 0.15) is 26.3 Å². The van der Waals surface area contributed by atoms with Crippen molar-refractivity contribution >= 4 is 23.8 Å². The summed E-state index contributed by atoms with van der Waals surface area (Å²) in [7, 11) is 0. The molecule has 0 saturated carbocycles. The van der Waals surface area contributed by atoms with Gasteiger partial charge in [-0.15, -0.1) is 5.10 Å². The molecule has 0 amide bonds. The lowest BCUT2D eigenvalue weighted by molar-refractivity contribution is 0.248. The van der Waals surface area contributed by atoms with E-state index in [2.05, 4.69) is 24.1 Å². The first kappa shape index (κ1) is 17.1. The van der Waals surface area contributed by atoms with Crippen LogP contribution in [0.2, 0.25) is 5.02 Å². The van der Waals surface area contributed by atoms with Crippen molar-refractivity contribution in [3.8, 4) is 11.5 Å². The van der Waals surface area contributed by atoms with Gasteiger partial charge in [-0.1, -0.05) is 25.4 Å². The normalized spacial score (nSPS) is 10.9. The summed E-state index contributed by atoms with van der Waals surface area (Å²) in [5, 5.41) is 7.73. The molecule has 0 aromatic heterocycles. The van der Waals surface area contributed by atoms with Crippen molar-refractivity contribution in [3.63, 3.8) is 0 Å². The number of benzene rings is 1. The zero-order valence-corrected chi connectivity index (χ0v) is 13.2. The minimum Gasteiger partial charge on any atom is -0.490 e. The van der Waals surface area contributed by atoms with Crippen LogP contribution in [-0.2, 0) is 0 Å². The molecule has 0 radical (unpaired) electrons. The van der Waals surface area contributed by atoms with Crippen molar-refractivity contribution in [2.75, 3.05) is 13.2 Å². The Balaban J connectivity index is 3.05. The van der Waals surface area contributed by atoms with Gasteiger partial charge in [0.2, 0.25) is 5.96 Å². The topological polar surface area (TPSA) is 95.2 Å². The molecule has 4 N–H and O–H groups in total. The van der Waals surface area contributed by atoms with Crippen LogP contribution in [0.4, 0.5) is 0 Å². The highest BCUT2D eigenvalue weighted by Crippen LogP contribution is 2.36. The molecule has 0 fully saturated rings. The average Bonchev–Trinajstić information content (AvgIpc) is 2.37. The monoisotopic (exact) mass is 312 g/mol. The zero-order valence-electron chi connectivity index (χ0n) is 12.5. The Morgan fingerprint density at radius 2 is 2.05 bits per heavy atom. The van der Waals surface area contributed by atoms with Crippen molar-refractivity contribution in [3.05, 3.63) is 22.7 Å². The molecule has 0 aliphatic heterocycles. The molecular weight excluding hydrogens is 292 g/mol. The molecule has 116 valence electrons. The number of hydrogen-bond acceptors (Lipinski definition) is 4. The number of rotatable bonds is 7. The highest BCUT2D eigenvalue weighted by atomic mass is 35.5. The van der Waals surface area contributed by atoms with Crippen molar-refractivity contribution in [1.29, 1.82) is 0 Å². The minimum atomic E-state index is -0.112. The Morgan fingerprint density at radius 3 is 2.62 bits per heavy atom. The van der Waals surface area contributed by atoms with E-state index in [-0.39, 0.29) is 5.96 Å². The molecule has 0 bridgehead atoms. The maximum atomic E-state index is 6.24. The zero-order chi connectivity index (χ0) is 15.8. The van der Waals surface area contributed by atoms with Crippen molar-refractivity contribution in [1.82, 2.24) is 0 Å². The predicted molar refractivity (Wildman–Crippen MR) is 86.4 cm³/mol. The predicted octanol–water partition coefficient (Wildman–Crippen LogP) is 2.38. The summed E-state index contributed by atoms with van der Waals surface area (Å²) in [4.78, 5) is 0. The van der Waals surface area contributed by atoms with Gasteiger partial charge >= 0.3 is 0 Å². The van der Waals surface area contributed by atoms with E-state index in [0.717, 1.165) is 0 Å². The molecule has 0 spiro atoms. The number of nitrogens with zero attached hydrogens (tertiary/aromatic N) is 2. The Bertz CT molecular complexity index is 526. The van der Waals surface area contributed by atoms with Crippen LogP contribution >= 0.6 is 11.6 Å². The molecule has 0 unspecified atom stereocenters. The molecule has 0 aliphatic rings. The molecule has 0 aliphatic carbocycles. The Morgan fingerprint density at radius 1 is 1.33 bits per heavy atom. The third-order valence-electron chi connectivity index (χ3n) is 2.27. The summed E-state index contributed by atoms with van der Waals surface area (Å²) in [5.41, 5.74) is 11.1. The van der Waals surface area contributed by atoms with E-state index >= 15 is 0 Å². The average molecular weight is 313 g/mol. The van der Waals surface area contributed by atoms with Crippen LogP contribution in [-0.4, -0.2) is 25.4 Å². The van der Waals surface area contributed by atoms with Crippen molar-refractivity contribution in [2.24, 2.45) is 27.6 Å². The second-order valence-corrected chi connectivity index (χ2v) is 5.14. The van der Waals surface area contributed by atoms with Gasteiger partial charge in [0, 0.05) is 5.56 Å². The van der Waals surface area contributed by atoms with Crippen molar-refractivity contribution < 1.29 is 9.47 Å². The summed E-state index contributed by atoms with van der Waals surface area (Å²) in [6.07, 6.45) is 1.49. The lowest BCUT2D eigenvalue weighted by Crippen LogP contribution is -2.21. The van der Waals surface area contributed by atoms with E-state index in [4.69, 9.17) is 32.5 Å². The summed E-state index contributed by atoms with van der Waals surface area (Å²) < 4.78 is 11.3. The van der Waals surface area contributed by atoms with Crippen LogP contribution in [0, 0.1) is 5.92 Å². The molecule has 0 atom stereocenters. The molecule has 0 heterocycles. The smallest absolute Gasteiger partial charge is 0.211 e. The Hall–Kier alpha value is -1.95. The fourth-order valence-corrected chi connectivity index (χ4v) is 1.75. The maximum Gasteiger partial charge on any atom is 0.211 e. The standard InChI is InChI=1S/C14H21ClN4O2/c1-4-20-12-6-10(7-18-19-14(16)17)5-11(15)13(12)21-8-9(2)3/h5-7,9H,4,8H2,1-3H3,(H4,16,17,19)/b18-7-. The quantitative estimate of drug-likeness (QED) is 0.459. The number of ether oxygens (including phenoxy) is 2. The van der Waals surface area contributed by atoms with Crippen LogP contribution in [0.25, 0.3) is 0 Å². The molecule has 21 heavy (non-hydrogen) atoms. The molecule has 7 heteroatoms. The molecule has 0 saturated heterocycles. The Kier molecular flexibility index (Phi) is 6.81. The fourth-order valence-electron chi connectivity index (χ4n) is 1.48. The highest BCUT2D eigenvalue weighted by molar-refractivity contribution is 6.32. The van der Waals surface area contributed by atoms with E-state index in [1.807, 2.05) is 6.92 Å². The minimum absolute atomic E-state index is 0.112. The number of guanidine groups is 1. The summed E-state index contributed by atoms with van der Waals surface area (Å²) >= 11 is 6.24. The van der Waals surface area contributed by atoms with Gasteiger partial charge in [0.05, 0.1) is 24.5 Å². The van der Waals surface area contributed by atoms with Crippen LogP contribution in [0.15, 0.2) is 22.3 Å². The SMILES string of the molecule is CCOc1cc(/C=N\N=C(N)N)cc(Cl)c1OCC(C)C. The van der Waals surface area contributed by atoms with Gasteiger partial charge in [0.15, 0.2) is 11.5 Å². The second kappa shape index (κ2) is 8.36. The van der Waals surface area contributed by atoms with Crippen LogP contribution < -0.4 is 20.9 Å². The molecule has 1 aromatic carbocycles. The first-order chi connectivity index (χ1) is 9.93. The lowest BCUT2D eigenvalue weighted by Gasteiger charge is -2.15. The van der Waals surface area contributed by atoms with E-state index < -0.39 is 0 Å². The third-order valence-corrected chi connectivity index (χ3v) is 2.55. The number of hydrogen-bond donors (Lipinski definition) is 2. The molecule has 6 nitrogen and oxygen atoms in total. The van der Waals surface area contributed by atoms with Gasteiger partial charge in [-0.3, -0.25) is 0 Å². The van der Waals surface area contributed by atoms with E-state index in [1.54, 1.807) is 12.1 Å². The molecule has 1 aromatic rings. The third kappa shape index (κ3) is 5.91. The summed E-state index contributed by atoms with van der Waals surface area (Å²) in [6.45, 7) is 7.07. The fraction of sp³-hybridized carbons (Fsp3) is 0.429. The van der Waals surface area contributed by atoms with Gasteiger partial charge in [0.1, 0.15) is 0 Å². The number of halogens is 1. The molecule has 1 rings (SSSR count). The van der Waals surface area contributed by atoms with Gasteiger partial charge < -0.3 is 20.9 Å². The van der Waals surface area contributed by atoms with E-state index in [1.165, 1.54) is 6.21 Å². The van der Waals surface area contributed by atoms with E-state index in [0.29, 0.717) is 41.2 Å². The van der Waals surface area contributed by atoms with Gasteiger partial charge in [-0.2, -0.15) is 5.10 Å². The van der Waals surface area contributed by atoms with Crippen LogP contribution in [0.5, 0.6) is 11.5 Å². The van der Waals surface area contributed by atoms with Gasteiger partial charge in [-0.05, 0) is 25.0 Å². The van der Waals surface area contributed by atoms with Crippen molar-refractivity contribution in [2.45, 2.75) is 20.8 Å². The lowest BCUT2D eigenvalue weighted by atomic mass is 10.2. The first-order valence-electron chi connectivity index (χ1n) is 6.65. The van der Waals surface area contributed by atoms with Crippen LogP contribution in [0.3, 0.4) is 0 Å². The first-order valence-corrected chi connectivity index (χ1v) is 7.03. The maximum absolute atomic E-state index is 6.24. The largest absolute Gasteiger partial charge is 0.490 e. The summed E-state index contributed by atoms with van der Waals surface area (Å²) in [5.74, 6) is 1.38. The Labute approximate surface area is 129 Å². The second-order valence-electron chi connectivity index (χ2n) is 4.74. The summed E-state index contributed by atoms with van der Waals surface area (Å²) in [6, 6.07) is 3.49. The number of nitrogens with two attached hydrogens (primary N) is 2. The molecular formula is C14H21ClN4O2. The van der Waals surface area contributed by atoms with Gasteiger partial charge in [0.25, 0.3) is 0 Å².